The highest BCUT2D eigenvalue weighted by molar-refractivity contribution is 8.00. The largest absolute Gasteiger partial charge is 0.387 e. The van der Waals surface area contributed by atoms with Crippen LogP contribution in [0.5, 0.6) is 0 Å². The van der Waals surface area contributed by atoms with Gasteiger partial charge in [-0.25, -0.2) is 0 Å². The second kappa shape index (κ2) is 7.28. The van der Waals surface area contributed by atoms with Crippen molar-refractivity contribution in [2.24, 2.45) is 0 Å². The number of hydrogen-bond donors (Lipinski definition) is 2. The summed E-state index contributed by atoms with van der Waals surface area (Å²) in [6.07, 6.45) is -0.656. The molecule has 1 aromatic heterocycles. The number of thioether (sulfide) groups is 1. The molecule has 0 aliphatic carbocycles. The maximum absolute atomic E-state index is 11.2. The number of aliphatic hydroxyl groups excluding tert-OH is 1. The van der Waals surface area contributed by atoms with Gasteiger partial charge in [-0.2, -0.15) is 16.6 Å². The van der Waals surface area contributed by atoms with E-state index in [9.17, 15) is 9.90 Å². The molecule has 86 valence electrons. The Balaban J connectivity index is 2.19. The van der Waals surface area contributed by atoms with Gasteiger partial charge in [0.05, 0.1) is 23.7 Å². The average molecular weight is 256 g/mol. The molecule has 0 radical (unpaired) electrons. The van der Waals surface area contributed by atoms with Crippen molar-refractivity contribution >= 4 is 29.0 Å². The Labute approximate surface area is 102 Å². The third-order valence-corrected chi connectivity index (χ3v) is 3.32. The van der Waals surface area contributed by atoms with Crippen LogP contribution in [0.1, 0.15) is 11.7 Å². The van der Waals surface area contributed by atoms with E-state index >= 15 is 0 Å². The Morgan fingerprint density at radius 3 is 3.19 bits per heavy atom. The standard InChI is InChI=1S/C10H12N2O2S2/c11-2-4-16-7-10(14)12-5-9(13)8-1-3-15-6-8/h1,3,6,9,13H,4-5,7H2,(H,12,14). The van der Waals surface area contributed by atoms with Crippen LogP contribution < -0.4 is 5.32 Å². The summed E-state index contributed by atoms with van der Waals surface area (Å²) in [7, 11) is 0. The molecule has 0 aliphatic rings. The minimum atomic E-state index is -0.656. The number of aliphatic hydroxyl groups is 1. The molecule has 0 saturated carbocycles. The van der Waals surface area contributed by atoms with Crippen molar-refractivity contribution in [3.8, 4) is 6.07 Å². The lowest BCUT2D eigenvalue weighted by atomic mass is 10.2. The van der Waals surface area contributed by atoms with E-state index in [1.54, 1.807) is 0 Å². The number of nitrogens with zero attached hydrogens (tertiary/aromatic N) is 1. The van der Waals surface area contributed by atoms with Crippen molar-refractivity contribution in [2.45, 2.75) is 6.10 Å². The molecule has 1 unspecified atom stereocenters. The van der Waals surface area contributed by atoms with Crippen LogP contribution in [0, 0.1) is 11.3 Å². The smallest absolute Gasteiger partial charge is 0.230 e. The molecule has 0 bridgehead atoms. The lowest BCUT2D eigenvalue weighted by Gasteiger charge is -2.09. The zero-order valence-electron chi connectivity index (χ0n) is 8.55. The first-order chi connectivity index (χ1) is 7.74. The van der Waals surface area contributed by atoms with Gasteiger partial charge in [-0.1, -0.05) is 0 Å². The van der Waals surface area contributed by atoms with Gasteiger partial charge in [-0.05, 0) is 22.4 Å². The number of carbonyl (C=O) groups excluding carboxylic acids is 1. The first-order valence-electron chi connectivity index (χ1n) is 4.65. The molecule has 0 fully saturated rings. The summed E-state index contributed by atoms with van der Waals surface area (Å²) in [5.74, 6) is 0.402. The Morgan fingerprint density at radius 2 is 2.56 bits per heavy atom. The monoisotopic (exact) mass is 256 g/mol. The molecule has 0 spiro atoms. The fourth-order valence-corrected chi connectivity index (χ4v) is 2.22. The Hall–Kier alpha value is -1.03. The lowest BCUT2D eigenvalue weighted by Crippen LogP contribution is -2.29. The molecule has 1 atom stereocenters. The second-order valence-electron chi connectivity index (χ2n) is 3.03. The molecule has 1 aromatic rings. The van der Waals surface area contributed by atoms with Crippen LogP contribution in [-0.4, -0.2) is 29.1 Å². The van der Waals surface area contributed by atoms with Gasteiger partial charge < -0.3 is 10.4 Å². The van der Waals surface area contributed by atoms with E-state index < -0.39 is 6.10 Å². The molecule has 16 heavy (non-hydrogen) atoms. The van der Waals surface area contributed by atoms with Gasteiger partial charge in [-0.3, -0.25) is 4.79 Å². The minimum Gasteiger partial charge on any atom is -0.387 e. The van der Waals surface area contributed by atoms with Crippen molar-refractivity contribution in [3.05, 3.63) is 22.4 Å². The van der Waals surface area contributed by atoms with E-state index in [2.05, 4.69) is 5.32 Å². The van der Waals surface area contributed by atoms with Crippen molar-refractivity contribution in [2.75, 3.05) is 18.1 Å². The molecular weight excluding hydrogens is 244 g/mol. The van der Waals surface area contributed by atoms with Gasteiger partial charge in [0.1, 0.15) is 0 Å². The highest BCUT2D eigenvalue weighted by atomic mass is 32.2. The van der Waals surface area contributed by atoms with Crippen LogP contribution in [0.2, 0.25) is 0 Å². The van der Waals surface area contributed by atoms with E-state index in [1.807, 2.05) is 22.9 Å². The molecule has 0 aromatic carbocycles. The summed E-state index contributed by atoms with van der Waals surface area (Å²) in [5, 5.41) is 24.3. The van der Waals surface area contributed by atoms with E-state index in [4.69, 9.17) is 5.26 Å². The molecule has 2 N–H and O–H groups in total. The summed E-state index contributed by atoms with van der Waals surface area (Å²) in [6.45, 7) is 0.211. The Morgan fingerprint density at radius 1 is 1.75 bits per heavy atom. The molecule has 6 heteroatoms. The SMILES string of the molecule is N#CCSCC(=O)NCC(O)c1ccsc1. The predicted molar refractivity (Wildman–Crippen MR) is 65.2 cm³/mol. The third kappa shape index (κ3) is 4.66. The van der Waals surface area contributed by atoms with Crippen LogP contribution in [0.25, 0.3) is 0 Å². The first-order valence-corrected chi connectivity index (χ1v) is 6.75. The van der Waals surface area contributed by atoms with Crippen molar-refractivity contribution in [3.63, 3.8) is 0 Å². The van der Waals surface area contributed by atoms with E-state index in [0.29, 0.717) is 5.75 Å². The number of amides is 1. The molecule has 4 nitrogen and oxygen atoms in total. The molecule has 0 saturated heterocycles. The molecule has 0 aliphatic heterocycles. The highest BCUT2D eigenvalue weighted by Gasteiger charge is 2.09. The number of nitrogens with one attached hydrogen (secondary N) is 1. The van der Waals surface area contributed by atoms with E-state index in [1.165, 1.54) is 23.1 Å². The zero-order valence-corrected chi connectivity index (χ0v) is 10.2. The number of hydrogen-bond acceptors (Lipinski definition) is 5. The van der Waals surface area contributed by atoms with E-state index in [-0.39, 0.29) is 18.2 Å². The first kappa shape index (κ1) is 13.0. The number of carbonyl (C=O) groups is 1. The Kier molecular flexibility index (Phi) is 5.93. The van der Waals surface area contributed by atoms with Crippen LogP contribution >= 0.6 is 23.1 Å². The zero-order chi connectivity index (χ0) is 11.8. The van der Waals surface area contributed by atoms with Crippen LogP contribution in [0.4, 0.5) is 0 Å². The highest BCUT2D eigenvalue weighted by Crippen LogP contribution is 2.14. The Bertz CT molecular complexity index is 359. The number of thiophene rings is 1. The fourth-order valence-electron chi connectivity index (χ4n) is 1.03. The fraction of sp³-hybridized carbons (Fsp3) is 0.400. The van der Waals surface area contributed by atoms with Crippen LogP contribution in [0.15, 0.2) is 16.8 Å². The molecular formula is C10H12N2O2S2. The minimum absolute atomic E-state index is 0.158. The summed E-state index contributed by atoms with van der Waals surface area (Å²) in [5.41, 5.74) is 0.815. The molecule has 1 rings (SSSR count). The van der Waals surface area contributed by atoms with Crippen LogP contribution in [-0.2, 0) is 4.79 Å². The topological polar surface area (TPSA) is 73.1 Å². The van der Waals surface area contributed by atoms with Crippen molar-refractivity contribution in [1.82, 2.24) is 5.32 Å². The number of nitriles is 1. The van der Waals surface area contributed by atoms with Crippen molar-refractivity contribution < 1.29 is 9.90 Å². The molecule has 1 amide bonds. The summed E-state index contributed by atoms with van der Waals surface area (Å²) < 4.78 is 0. The van der Waals surface area contributed by atoms with Gasteiger partial charge in [0.2, 0.25) is 5.91 Å². The van der Waals surface area contributed by atoms with Gasteiger partial charge >= 0.3 is 0 Å². The van der Waals surface area contributed by atoms with Gasteiger partial charge in [0, 0.05) is 6.54 Å². The maximum atomic E-state index is 11.2. The summed E-state index contributed by atoms with van der Waals surface area (Å²) in [6, 6.07) is 3.77. The van der Waals surface area contributed by atoms with Gasteiger partial charge in [0.15, 0.2) is 0 Å². The number of rotatable bonds is 6. The van der Waals surface area contributed by atoms with Crippen LogP contribution in [0.3, 0.4) is 0 Å². The normalized spacial score (nSPS) is 11.8. The van der Waals surface area contributed by atoms with E-state index in [0.717, 1.165) is 5.56 Å². The lowest BCUT2D eigenvalue weighted by molar-refractivity contribution is -0.119. The van der Waals surface area contributed by atoms with Gasteiger partial charge in [0.25, 0.3) is 0 Å². The second-order valence-corrected chi connectivity index (χ2v) is 4.79. The van der Waals surface area contributed by atoms with Gasteiger partial charge in [-0.15, -0.1) is 11.8 Å². The summed E-state index contributed by atoms with van der Waals surface area (Å²) >= 11 is 2.76. The third-order valence-electron chi connectivity index (χ3n) is 1.82. The quantitative estimate of drug-likeness (QED) is 0.749. The molecule has 1 heterocycles. The van der Waals surface area contributed by atoms with Crippen molar-refractivity contribution in [1.29, 1.82) is 5.26 Å². The maximum Gasteiger partial charge on any atom is 0.230 e. The predicted octanol–water partition coefficient (Wildman–Crippen LogP) is 1.15. The summed E-state index contributed by atoms with van der Waals surface area (Å²) in [4.78, 5) is 11.2. The average Bonchev–Trinajstić information content (AvgIpc) is 2.79.